The summed E-state index contributed by atoms with van der Waals surface area (Å²) in [5, 5.41) is 4.01. The average Bonchev–Trinajstić information content (AvgIpc) is 3.19. The highest BCUT2D eigenvalue weighted by atomic mass is 16.2. The van der Waals surface area contributed by atoms with Gasteiger partial charge in [-0.05, 0) is 47.3 Å². The average molecular weight is 506 g/mol. The summed E-state index contributed by atoms with van der Waals surface area (Å²) in [6.07, 6.45) is 0.565. The molecule has 3 heterocycles. The summed E-state index contributed by atoms with van der Waals surface area (Å²) in [5.41, 5.74) is 5.04. The summed E-state index contributed by atoms with van der Waals surface area (Å²) in [4.78, 5) is 44.3. The van der Waals surface area contributed by atoms with Gasteiger partial charge >= 0.3 is 0 Å². The van der Waals surface area contributed by atoms with Gasteiger partial charge in [0.1, 0.15) is 21.7 Å². The SMILES string of the molecule is BC(B)(c1ccc(CN2CCN(C)CC2)cc1)c1ccc2c3c(cccc13)C(=O)N2C1CCC(=O)NC1=O. The summed E-state index contributed by atoms with van der Waals surface area (Å²) in [6.45, 7) is 5.38. The maximum Gasteiger partial charge on any atom is 0.259 e. The summed E-state index contributed by atoms with van der Waals surface area (Å²) in [6, 6.07) is 18.2. The molecule has 1 N–H and O–H groups in total. The number of nitrogens with zero attached hydrogens (tertiary/aromatic N) is 3. The Bertz CT molecular complexity index is 1450. The van der Waals surface area contributed by atoms with Crippen LogP contribution in [0.1, 0.15) is 39.9 Å². The Kier molecular flexibility index (Phi) is 6.16. The van der Waals surface area contributed by atoms with Crippen molar-refractivity contribution in [3.8, 4) is 0 Å². The third-order valence-corrected chi connectivity index (χ3v) is 8.60. The molecule has 3 amide bonds. The van der Waals surface area contributed by atoms with Crippen LogP contribution in [0, 0.1) is 0 Å². The summed E-state index contributed by atoms with van der Waals surface area (Å²) >= 11 is 0. The van der Waals surface area contributed by atoms with Gasteiger partial charge in [-0.1, -0.05) is 48.0 Å². The maximum absolute atomic E-state index is 13.5. The van der Waals surface area contributed by atoms with Crippen LogP contribution in [0.15, 0.2) is 54.6 Å². The third kappa shape index (κ3) is 4.14. The molecule has 3 aliphatic rings. The monoisotopic (exact) mass is 506 g/mol. The molecule has 3 aromatic carbocycles. The molecule has 0 saturated carbocycles. The number of piperazine rings is 1. The van der Waals surface area contributed by atoms with Crippen molar-refractivity contribution in [3.63, 3.8) is 0 Å². The van der Waals surface area contributed by atoms with Crippen LogP contribution in [-0.2, 0) is 21.3 Å². The zero-order valence-electron chi connectivity index (χ0n) is 22.3. The molecule has 0 spiro atoms. The molecule has 38 heavy (non-hydrogen) atoms. The molecular weight excluding hydrogens is 474 g/mol. The Morgan fingerprint density at radius 3 is 2.39 bits per heavy atom. The van der Waals surface area contributed by atoms with Crippen molar-refractivity contribution < 1.29 is 14.4 Å². The number of carbonyl (C=O) groups excluding carboxylic acids is 3. The van der Waals surface area contributed by atoms with Gasteiger partial charge in [0.15, 0.2) is 0 Å². The number of benzene rings is 3. The second kappa shape index (κ2) is 9.40. The molecule has 2 saturated heterocycles. The van der Waals surface area contributed by atoms with Gasteiger partial charge in [-0.15, -0.1) is 0 Å². The fourth-order valence-electron chi connectivity index (χ4n) is 6.24. The molecular formula is C29H32B2N4O3. The first kappa shape index (κ1) is 24.9. The van der Waals surface area contributed by atoms with Crippen LogP contribution in [-0.4, -0.2) is 82.5 Å². The summed E-state index contributed by atoms with van der Waals surface area (Å²) < 4.78 is 0. The molecule has 2 fully saturated rings. The van der Waals surface area contributed by atoms with E-state index < -0.39 is 11.9 Å². The Labute approximate surface area is 225 Å². The largest absolute Gasteiger partial charge is 0.304 e. The van der Waals surface area contributed by atoms with Gasteiger partial charge in [0.2, 0.25) is 11.8 Å². The van der Waals surface area contributed by atoms with E-state index in [0.29, 0.717) is 12.0 Å². The molecule has 9 heteroatoms. The number of rotatable bonds is 5. The molecule has 1 atom stereocenters. The Morgan fingerprint density at radius 2 is 1.68 bits per heavy atom. The minimum absolute atomic E-state index is 0.177. The van der Waals surface area contributed by atoms with Crippen molar-refractivity contribution >= 4 is 49.9 Å². The van der Waals surface area contributed by atoms with Crippen LogP contribution >= 0.6 is 0 Å². The fraction of sp³-hybridized carbons (Fsp3) is 0.345. The second-order valence-electron chi connectivity index (χ2n) is 11.4. The first-order chi connectivity index (χ1) is 18.2. The lowest BCUT2D eigenvalue weighted by Crippen LogP contribution is -2.53. The third-order valence-electron chi connectivity index (χ3n) is 8.60. The number of piperidine rings is 1. The van der Waals surface area contributed by atoms with Crippen molar-refractivity contribution in [3.05, 3.63) is 76.9 Å². The number of hydrogen-bond acceptors (Lipinski definition) is 5. The highest BCUT2D eigenvalue weighted by Gasteiger charge is 2.41. The van der Waals surface area contributed by atoms with E-state index in [-0.39, 0.29) is 23.4 Å². The maximum atomic E-state index is 13.5. The standard InChI is InChI=1S/C29H32B2N4O3/c1-33-13-15-34(16-14-33)17-18-5-7-19(8-6-18)29(30,31)22-9-10-23-26-20(22)3-2-4-21(26)28(38)35(23)24-11-12-25(36)32-27(24)37/h2-10,24H,11-17,30-31H2,1H3,(H,32,36,37). The van der Waals surface area contributed by atoms with E-state index in [1.807, 2.05) is 18.2 Å². The first-order valence-corrected chi connectivity index (χ1v) is 13.5. The van der Waals surface area contributed by atoms with E-state index in [1.165, 1.54) is 11.1 Å². The Morgan fingerprint density at radius 1 is 0.947 bits per heavy atom. The van der Waals surface area contributed by atoms with Crippen LogP contribution in [0.2, 0.25) is 0 Å². The summed E-state index contributed by atoms with van der Waals surface area (Å²) in [7, 11) is 6.62. The first-order valence-electron chi connectivity index (χ1n) is 13.5. The number of hydrogen-bond donors (Lipinski definition) is 1. The molecule has 3 aliphatic heterocycles. The van der Waals surface area contributed by atoms with E-state index in [9.17, 15) is 14.4 Å². The minimum Gasteiger partial charge on any atom is -0.304 e. The normalized spacial score (nSPS) is 20.8. The second-order valence-corrected chi connectivity index (χ2v) is 11.4. The zero-order valence-corrected chi connectivity index (χ0v) is 22.3. The van der Waals surface area contributed by atoms with Crippen LogP contribution < -0.4 is 10.2 Å². The topological polar surface area (TPSA) is 73.0 Å². The van der Waals surface area contributed by atoms with Gasteiger partial charge in [-0.3, -0.25) is 29.5 Å². The number of likely N-dealkylation sites (N-methyl/N-ethyl adjacent to an activating group) is 1. The van der Waals surface area contributed by atoms with Crippen molar-refractivity contribution in [1.29, 1.82) is 0 Å². The molecule has 7 nitrogen and oxygen atoms in total. The van der Waals surface area contributed by atoms with Gasteiger partial charge < -0.3 is 4.90 Å². The van der Waals surface area contributed by atoms with Crippen molar-refractivity contribution in [2.75, 3.05) is 38.1 Å². The molecule has 3 aromatic rings. The van der Waals surface area contributed by atoms with Crippen molar-refractivity contribution in [2.24, 2.45) is 0 Å². The van der Waals surface area contributed by atoms with E-state index in [2.05, 4.69) is 74.3 Å². The lowest BCUT2D eigenvalue weighted by molar-refractivity contribution is -0.134. The van der Waals surface area contributed by atoms with Gasteiger partial charge in [0.25, 0.3) is 5.91 Å². The van der Waals surface area contributed by atoms with Crippen molar-refractivity contribution in [1.82, 2.24) is 15.1 Å². The van der Waals surface area contributed by atoms with Crippen LogP contribution in [0.25, 0.3) is 10.8 Å². The van der Waals surface area contributed by atoms with Crippen molar-refractivity contribution in [2.45, 2.75) is 30.6 Å². The minimum atomic E-state index is -0.678. The van der Waals surface area contributed by atoms with E-state index in [0.717, 1.165) is 54.7 Å². The number of anilines is 1. The predicted octanol–water partition coefficient (Wildman–Crippen LogP) is 0.820. The molecule has 0 aliphatic carbocycles. The number of imide groups is 1. The van der Waals surface area contributed by atoms with E-state index in [1.54, 1.807) is 4.90 Å². The lowest BCUT2D eigenvalue weighted by Gasteiger charge is -2.33. The lowest BCUT2D eigenvalue weighted by atomic mass is 9.47. The van der Waals surface area contributed by atoms with Crippen LogP contribution in [0.4, 0.5) is 5.69 Å². The predicted molar refractivity (Wildman–Crippen MR) is 154 cm³/mol. The van der Waals surface area contributed by atoms with E-state index >= 15 is 0 Å². The molecule has 192 valence electrons. The van der Waals surface area contributed by atoms with Gasteiger partial charge in [-0.25, -0.2) is 0 Å². The smallest absolute Gasteiger partial charge is 0.259 e. The van der Waals surface area contributed by atoms with Gasteiger partial charge in [0, 0.05) is 50.1 Å². The highest BCUT2D eigenvalue weighted by molar-refractivity contribution is 6.43. The zero-order chi connectivity index (χ0) is 26.6. The van der Waals surface area contributed by atoms with E-state index in [4.69, 9.17) is 0 Å². The number of nitrogens with one attached hydrogen (secondary N) is 1. The molecule has 0 aromatic heterocycles. The quantitative estimate of drug-likeness (QED) is 0.410. The Balaban J connectivity index is 1.32. The number of carbonyl (C=O) groups is 3. The Hall–Kier alpha value is -3.42. The van der Waals surface area contributed by atoms with Crippen LogP contribution in [0.3, 0.4) is 0 Å². The molecule has 0 bridgehead atoms. The molecule has 6 rings (SSSR count). The molecule has 0 radical (unpaired) electrons. The van der Waals surface area contributed by atoms with Gasteiger partial charge in [-0.2, -0.15) is 0 Å². The van der Waals surface area contributed by atoms with Crippen LogP contribution in [0.5, 0.6) is 0 Å². The highest BCUT2D eigenvalue weighted by Crippen LogP contribution is 2.43. The molecule has 1 unspecified atom stereocenters. The number of amides is 3. The fourth-order valence-corrected chi connectivity index (χ4v) is 6.24. The van der Waals surface area contributed by atoms with Gasteiger partial charge in [0.05, 0.1) is 5.69 Å². The summed E-state index contributed by atoms with van der Waals surface area (Å²) in [5.74, 6) is -0.868.